The first-order chi connectivity index (χ1) is 29.5. The molecule has 5 aromatic rings. The first-order valence-corrected chi connectivity index (χ1v) is 21.0. The highest BCUT2D eigenvalue weighted by Crippen LogP contribution is 2.40. The third-order valence-electron chi connectivity index (χ3n) is 11.7. The summed E-state index contributed by atoms with van der Waals surface area (Å²) in [5.74, 6) is -1.03. The SMILES string of the molecule is N#Cc1ccc(-c2ccc(C[C@H](NC(=O)[C@@H]3Cc4cc5c(cc4CN3C(=O)CC3CCCC3)OC(c3ccc(OCc4ccc(Cl)c(Cl)c4)cc3)C(=O)N5)C(=O)O)cc2)cc1. The van der Waals surface area contributed by atoms with Gasteiger partial charge in [0.2, 0.25) is 17.9 Å². The zero-order valence-corrected chi connectivity index (χ0v) is 34.5. The van der Waals surface area contributed by atoms with Crippen LogP contribution in [0.15, 0.2) is 103 Å². The van der Waals surface area contributed by atoms with Gasteiger partial charge in [-0.1, -0.05) is 90.6 Å². The van der Waals surface area contributed by atoms with Crippen molar-refractivity contribution in [1.29, 1.82) is 5.26 Å². The number of anilines is 1. The molecule has 61 heavy (non-hydrogen) atoms. The maximum absolute atomic E-state index is 14.2. The van der Waals surface area contributed by atoms with E-state index in [9.17, 15) is 24.3 Å². The summed E-state index contributed by atoms with van der Waals surface area (Å²) >= 11 is 12.2. The largest absolute Gasteiger partial charge is 0.489 e. The van der Waals surface area contributed by atoms with Crippen molar-refractivity contribution in [3.8, 4) is 28.7 Å². The lowest BCUT2D eigenvalue weighted by molar-refractivity contribution is -0.145. The number of benzene rings is 5. The third-order valence-corrected chi connectivity index (χ3v) is 12.4. The van der Waals surface area contributed by atoms with Crippen molar-refractivity contribution < 1.29 is 33.8 Å². The number of hydrogen-bond acceptors (Lipinski definition) is 7. The zero-order valence-electron chi connectivity index (χ0n) is 33.0. The average molecular weight is 858 g/mol. The molecule has 0 spiro atoms. The van der Waals surface area contributed by atoms with Crippen LogP contribution in [0.2, 0.25) is 10.0 Å². The Morgan fingerprint density at radius 1 is 0.885 bits per heavy atom. The van der Waals surface area contributed by atoms with E-state index in [1.54, 1.807) is 59.5 Å². The highest BCUT2D eigenvalue weighted by molar-refractivity contribution is 6.42. The minimum absolute atomic E-state index is 0.0284. The second-order valence-corrected chi connectivity index (χ2v) is 16.6. The zero-order chi connectivity index (χ0) is 42.6. The number of amides is 3. The molecule has 2 aliphatic heterocycles. The van der Waals surface area contributed by atoms with Crippen LogP contribution in [0.4, 0.5) is 5.69 Å². The number of carboxylic acids is 1. The Hall–Kier alpha value is -6.35. The van der Waals surface area contributed by atoms with Gasteiger partial charge < -0.3 is 30.1 Å². The summed E-state index contributed by atoms with van der Waals surface area (Å²) in [5, 5.41) is 26.0. The van der Waals surface area contributed by atoms with E-state index in [4.69, 9.17) is 37.9 Å². The number of fused-ring (bicyclic) bond motifs is 2. The van der Waals surface area contributed by atoms with Crippen LogP contribution in [0.25, 0.3) is 11.1 Å². The van der Waals surface area contributed by atoms with Crippen LogP contribution in [-0.2, 0) is 45.2 Å². The number of carbonyl (C=O) groups is 4. The maximum Gasteiger partial charge on any atom is 0.326 e. The second-order valence-electron chi connectivity index (χ2n) is 15.8. The lowest BCUT2D eigenvalue weighted by atomic mass is 9.90. The molecule has 1 saturated carbocycles. The van der Waals surface area contributed by atoms with E-state index in [0.717, 1.165) is 53.5 Å². The molecule has 5 aromatic carbocycles. The van der Waals surface area contributed by atoms with E-state index in [0.29, 0.717) is 50.3 Å². The van der Waals surface area contributed by atoms with Gasteiger partial charge in [-0.2, -0.15) is 5.26 Å². The Morgan fingerprint density at radius 3 is 2.25 bits per heavy atom. The van der Waals surface area contributed by atoms with Crippen molar-refractivity contribution in [2.45, 2.75) is 76.3 Å². The average Bonchev–Trinajstić information content (AvgIpc) is 3.78. The first-order valence-electron chi connectivity index (χ1n) is 20.2. The molecule has 11 nitrogen and oxygen atoms in total. The predicted molar refractivity (Wildman–Crippen MR) is 230 cm³/mol. The van der Waals surface area contributed by atoms with E-state index >= 15 is 0 Å². The molecule has 1 unspecified atom stereocenters. The number of nitrogens with zero attached hydrogens (tertiary/aromatic N) is 2. The van der Waals surface area contributed by atoms with Gasteiger partial charge in [0.1, 0.15) is 30.2 Å². The number of nitrogens with one attached hydrogen (secondary N) is 2. The number of nitriles is 1. The molecule has 1 aliphatic carbocycles. The molecular weight excluding hydrogens is 815 g/mol. The Morgan fingerprint density at radius 2 is 1.57 bits per heavy atom. The minimum Gasteiger partial charge on any atom is -0.489 e. The molecule has 8 rings (SSSR count). The van der Waals surface area contributed by atoms with Crippen molar-refractivity contribution in [2.24, 2.45) is 5.92 Å². The van der Waals surface area contributed by atoms with E-state index in [1.165, 1.54) is 0 Å². The van der Waals surface area contributed by atoms with Crippen molar-refractivity contribution in [3.63, 3.8) is 0 Å². The van der Waals surface area contributed by atoms with E-state index in [2.05, 4.69) is 16.7 Å². The van der Waals surface area contributed by atoms with Crippen LogP contribution in [0.3, 0.4) is 0 Å². The summed E-state index contributed by atoms with van der Waals surface area (Å²) in [6.45, 7) is 0.392. The molecule has 3 atom stereocenters. The van der Waals surface area contributed by atoms with Crippen LogP contribution in [-0.4, -0.2) is 45.8 Å². The van der Waals surface area contributed by atoms with Crippen molar-refractivity contribution in [2.75, 3.05) is 5.32 Å². The fourth-order valence-corrected chi connectivity index (χ4v) is 8.61. The van der Waals surface area contributed by atoms with E-state index in [-0.39, 0.29) is 43.7 Å². The van der Waals surface area contributed by atoms with E-state index in [1.807, 2.05) is 48.5 Å². The van der Waals surface area contributed by atoms with Gasteiger partial charge in [-0.15, -0.1) is 0 Å². The van der Waals surface area contributed by atoms with Gasteiger partial charge in [0.05, 0.1) is 27.4 Å². The number of hydrogen-bond donors (Lipinski definition) is 3. The van der Waals surface area contributed by atoms with Gasteiger partial charge in [0.15, 0.2) is 0 Å². The summed E-state index contributed by atoms with van der Waals surface area (Å²) in [6, 6.07) is 30.4. The smallest absolute Gasteiger partial charge is 0.326 e. The topological polar surface area (TPSA) is 158 Å². The summed E-state index contributed by atoms with van der Waals surface area (Å²) in [4.78, 5) is 55.8. The van der Waals surface area contributed by atoms with Gasteiger partial charge in [0, 0.05) is 31.4 Å². The molecule has 0 aromatic heterocycles. The third kappa shape index (κ3) is 9.51. The predicted octanol–water partition coefficient (Wildman–Crippen LogP) is 8.83. The van der Waals surface area contributed by atoms with Gasteiger partial charge in [-0.3, -0.25) is 14.4 Å². The fraction of sp³-hybridized carbons (Fsp3) is 0.271. The van der Waals surface area contributed by atoms with Crippen molar-refractivity contribution in [1.82, 2.24) is 10.2 Å². The second kappa shape index (κ2) is 18.1. The normalized spacial score (nSPS) is 17.5. The molecule has 13 heteroatoms. The fourth-order valence-electron chi connectivity index (χ4n) is 8.29. The van der Waals surface area contributed by atoms with Crippen LogP contribution in [0.1, 0.15) is 71.6 Å². The number of ether oxygens (including phenoxy) is 2. The summed E-state index contributed by atoms with van der Waals surface area (Å²) in [7, 11) is 0. The van der Waals surface area contributed by atoms with Crippen LogP contribution < -0.4 is 20.1 Å². The monoisotopic (exact) mass is 856 g/mol. The first kappa shape index (κ1) is 41.4. The number of rotatable bonds is 12. The van der Waals surface area contributed by atoms with Crippen LogP contribution in [0.5, 0.6) is 11.5 Å². The Balaban J connectivity index is 0.975. The molecule has 310 valence electrons. The molecule has 0 radical (unpaired) electrons. The Labute approximate surface area is 363 Å². The molecule has 3 amide bonds. The molecule has 0 bridgehead atoms. The summed E-state index contributed by atoms with van der Waals surface area (Å²) in [6.07, 6.45) is 3.53. The van der Waals surface area contributed by atoms with Crippen molar-refractivity contribution in [3.05, 3.63) is 147 Å². The molecule has 3 aliphatic rings. The summed E-state index contributed by atoms with van der Waals surface area (Å²) in [5.41, 5.74) is 6.51. The molecule has 1 fully saturated rings. The lowest BCUT2D eigenvalue weighted by Crippen LogP contribution is -2.56. The van der Waals surface area contributed by atoms with Gasteiger partial charge in [0.25, 0.3) is 5.91 Å². The number of halogens is 2. The van der Waals surface area contributed by atoms with Gasteiger partial charge in [-0.05, 0) is 101 Å². The Bertz CT molecular complexity index is 2520. The van der Waals surface area contributed by atoms with Crippen LogP contribution >= 0.6 is 23.2 Å². The number of aliphatic carboxylic acids is 1. The molecular formula is C48H42Cl2N4O7. The lowest BCUT2D eigenvalue weighted by Gasteiger charge is -2.38. The van der Waals surface area contributed by atoms with Crippen molar-refractivity contribution >= 4 is 52.6 Å². The quantitative estimate of drug-likeness (QED) is 0.112. The molecule has 3 N–H and O–H groups in total. The minimum atomic E-state index is -1.25. The van der Waals surface area contributed by atoms with Crippen LogP contribution in [0, 0.1) is 17.2 Å². The van der Waals surface area contributed by atoms with E-state index < -0.39 is 30.1 Å². The standard InChI is InChI=1S/C48H42Cl2N4O7/c49-38-18-9-31(19-39(38)50)27-60-37-16-14-34(15-17-37)45-47(57)52-40-22-35-23-42(54(26-36(35)24-43(40)61-45)44(55)21-28-3-1-2-4-28)46(56)53-41(48(58)59)20-29-5-10-32(11-6-29)33-12-7-30(25-51)8-13-33/h5-19,22,24,28,41-42,45H,1-4,20-21,23,26-27H2,(H,52,57)(H,53,56)(H,58,59)/t41-,42-,45?/m0/s1. The molecule has 0 saturated heterocycles. The number of carbonyl (C=O) groups excluding carboxylic acids is 3. The number of carboxylic acid groups (broad SMARTS) is 1. The highest BCUT2D eigenvalue weighted by atomic mass is 35.5. The van der Waals surface area contributed by atoms with Gasteiger partial charge >= 0.3 is 5.97 Å². The maximum atomic E-state index is 14.2. The van der Waals surface area contributed by atoms with Gasteiger partial charge in [-0.25, -0.2) is 4.79 Å². The molecule has 2 heterocycles. The Kier molecular flexibility index (Phi) is 12.3. The summed E-state index contributed by atoms with van der Waals surface area (Å²) < 4.78 is 12.2. The highest BCUT2D eigenvalue weighted by Gasteiger charge is 2.39.